The lowest BCUT2D eigenvalue weighted by Crippen LogP contribution is -2.39. The molecule has 0 heterocycles. The molecule has 59 valence electrons. The van der Waals surface area contributed by atoms with Crippen LogP contribution in [0.1, 0.15) is 20.8 Å². The van der Waals surface area contributed by atoms with Gasteiger partial charge in [-0.05, 0) is 27.3 Å². The topological polar surface area (TPSA) is 20.3 Å². The molecule has 10 heavy (non-hydrogen) atoms. The molecule has 2 heteroatoms. The number of likely N-dealkylation sites (N-methyl/N-ethyl adjacent to an activating group) is 1. The van der Waals surface area contributed by atoms with Crippen LogP contribution >= 0.6 is 0 Å². The monoisotopic (exact) mass is 142 g/mol. The van der Waals surface area contributed by atoms with E-state index < -0.39 is 0 Å². The maximum atomic E-state index is 10.3. The summed E-state index contributed by atoms with van der Waals surface area (Å²) in [7, 11) is 0. The highest BCUT2D eigenvalue weighted by Gasteiger charge is 2.12. The largest absolute Gasteiger partial charge is 0.302 e. The Morgan fingerprint density at radius 1 is 1.60 bits per heavy atom. The van der Waals surface area contributed by atoms with Gasteiger partial charge in [0.1, 0.15) is 6.29 Å². The van der Waals surface area contributed by atoms with Crippen LogP contribution in [-0.2, 0) is 4.79 Å². The number of carbonyl (C=O) groups excluding carboxylic acids is 1. The zero-order valence-electron chi connectivity index (χ0n) is 7.00. The van der Waals surface area contributed by atoms with Crippen LogP contribution < -0.4 is 0 Å². The average molecular weight is 142 g/mol. The summed E-state index contributed by atoms with van der Waals surface area (Å²) in [4.78, 5) is 12.4. The molecule has 0 fully saturated rings. The van der Waals surface area contributed by atoms with E-state index in [9.17, 15) is 4.79 Å². The molecule has 0 aliphatic carbocycles. The van der Waals surface area contributed by atoms with Gasteiger partial charge in [-0.25, -0.2) is 0 Å². The van der Waals surface area contributed by atoms with E-state index in [0.29, 0.717) is 0 Å². The summed E-state index contributed by atoms with van der Waals surface area (Å²) in [6.45, 7) is 10.6. The average Bonchev–Trinajstić information content (AvgIpc) is 1.88. The van der Waals surface area contributed by atoms with Crippen molar-refractivity contribution in [3.05, 3.63) is 6.92 Å². The molecule has 0 aromatic rings. The van der Waals surface area contributed by atoms with Gasteiger partial charge in [0.25, 0.3) is 0 Å². The SMILES string of the molecule is [CH2]C(C)N(CC)C(C)C=O. The Morgan fingerprint density at radius 2 is 2.10 bits per heavy atom. The summed E-state index contributed by atoms with van der Waals surface area (Å²) < 4.78 is 0. The molecule has 0 saturated carbocycles. The van der Waals surface area contributed by atoms with Crippen molar-refractivity contribution < 1.29 is 4.79 Å². The van der Waals surface area contributed by atoms with Crippen LogP contribution in [0.25, 0.3) is 0 Å². The first-order valence-electron chi connectivity index (χ1n) is 3.67. The molecular weight excluding hydrogens is 126 g/mol. The molecule has 2 nitrogen and oxygen atoms in total. The highest BCUT2D eigenvalue weighted by Crippen LogP contribution is 2.01. The Labute approximate surface area is 63.2 Å². The molecule has 2 unspecified atom stereocenters. The fourth-order valence-electron chi connectivity index (χ4n) is 1.08. The number of rotatable bonds is 4. The molecular formula is C8H16NO. The smallest absolute Gasteiger partial charge is 0.136 e. The Kier molecular flexibility index (Phi) is 4.28. The van der Waals surface area contributed by atoms with Gasteiger partial charge in [0.2, 0.25) is 0 Å². The molecule has 0 N–H and O–H groups in total. The van der Waals surface area contributed by atoms with Gasteiger partial charge in [-0.1, -0.05) is 6.92 Å². The molecule has 0 spiro atoms. The van der Waals surface area contributed by atoms with Crippen LogP contribution in [0.15, 0.2) is 0 Å². The third-order valence-corrected chi connectivity index (χ3v) is 1.65. The molecule has 2 atom stereocenters. The number of carbonyl (C=O) groups is 1. The third kappa shape index (κ3) is 2.48. The van der Waals surface area contributed by atoms with Crippen LogP contribution in [0.5, 0.6) is 0 Å². The van der Waals surface area contributed by atoms with Crippen LogP contribution in [0.2, 0.25) is 0 Å². The van der Waals surface area contributed by atoms with Crippen molar-refractivity contribution in [1.82, 2.24) is 4.90 Å². The van der Waals surface area contributed by atoms with E-state index in [1.54, 1.807) is 0 Å². The first kappa shape index (κ1) is 9.63. The van der Waals surface area contributed by atoms with Gasteiger partial charge in [-0.3, -0.25) is 4.90 Å². The minimum Gasteiger partial charge on any atom is -0.302 e. The molecule has 0 amide bonds. The highest BCUT2D eigenvalue weighted by molar-refractivity contribution is 5.56. The maximum Gasteiger partial charge on any atom is 0.136 e. The predicted molar refractivity (Wildman–Crippen MR) is 42.7 cm³/mol. The molecule has 0 aromatic carbocycles. The van der Waals surface area contributed by atoms with Crippen LogP contribution in [0.3, 0.4) is 0 Å². The number of nitrogens with zero attached hydrogens (tertiary/aromatic N) is 1. The van der Waals surface area contributed by atoms with Crippen LogP contribution in [0, 0.1) is 6.92 Å². The van der Waals surface area contributed by atoms with Crippen molar-refractivity contribution in [2.75, 3.05) is 6.54 Å². The van der Waals surface area contributed by atoms with Crippen molar-refractivity contribution in [3.63, 3.8) is 0 Å². The lowest BCUT2D eigenvalue weighted by atomic mass is 10.2. The van der Waals surface area contributed by atoms with Crippen molar-refractivity contribution in [2.45, 2.75) is 32.9 Å². The second kappa shape index (κ2) is 4.45. The van der Waals surface area contributed by atoms with E-state index in [0.717, 1.165) is 12.8 Å². The lowest BCUT2D eigenvalue weighted by Gasteiger charge is -2.27. The minimum absolute atomic E-state index is 0.00231. The first-order valence-corrected chi connectivity index (χ1v) is 3.67. The molecule has 0 saturated heterocycles. The van der Waals surface area contributed by atoms with Gasteiger partial charge < -0.3 is 4.79 Å². The first-order chi connectivity index (χ1) is 4.63. The molecule has 0 rings (SSSR count). The van der Waals surface area contributed by atoms with Gasteiger partial charge in [-0.2, -0.15) is 0 Å². The summed E-state index contributed by atoms with van der Waals surface area (Å²) in [5, 5.41) is 0. The van der Waals surface area contributed by atoms with Gasteiger partial charge in [0.15, 0.2) is 0 Å². The van der Waals surface area contributed by atoms with Crippen molar-refractivity contribution >= 4 is 6.29 Å². The number of aldehydes is 1. The highest BCUT2D eigenvalue weighted by atomic mass is 16.1. The summed E-state index contributed by atoms with van der Waals surface area (Å²) in [6, 6.07) is 0.211. The van der Waals surface area contributed by atoms with Crippen molar-refractivity contribution in [2.24, 2.45) is 0 Å². The fraction of sp³-hybridized carbons (Fsp3) is 0.750. The van der Waals surface area contributed by atoms with Gasteiger partial charge in [0, 0.05) is 6.04 Å². The molecule has 0 aromatic heterocycles. The van der Waals surface area contributed by atoms with Gasteiger partial charge in [0.05, 0.1) is 6.04 Å². The molecule has 0 aliphatic rings. The summed E-state index contributed by atoms with van der Waals surface area (Å²) in [6.07, 6.45) is 0.950. The minimum atomic E-state index is -0.00231. The fourth-order valence-corrected chi connectivity index (χ4v) is 1.08. The predicted octanol–water partition coefficient (Wildman–Crippen LogP) is 1.12. The zero-order valence-corrected chi connectivity index (χ0v) is 7.00. The Hall–Kier alpha value is -0.370. The van der Waals surface area contributed by atoms with E-state index >= 15 is 0 Å². The maximum absolute atomic E-state index is 10.3. The third-order valence-electron chi connectivity index (χ3n) is 1.65. The summed E-state index contributed by atoms with van der Waals surface area (Å²) in [5.74, 6) is 0. The number of hydrogen-bond acceptors (Lipinski definition) is 2. The summed E-state index contributed by atoms with van der Waals surface area (Å²) >= 11 is 0. The van der Waals surface area contributed by atoms with E-state index in [2.05, 4.69) is 6.92 Å². The Balaban J connectivity index is 3.92. The molecule has 0 aliphatic heterocycles. The van der Waals surface area contributed by atoms with Gasteiger partial charge in [-0.15, -0.1) is 0 Å². The molecule has 0 bridgehead atoms. The Morgan fingerprint density at radius 3 is 2.20 bits per heavy atom. The quantitative estimate of drug-likeness (QED) is 0.548. The van der Waals surface area contributed by atoms with Crippen molar-refractivity contribution in [1.29, 1.82) is 0 Å². The van der Waals surface area contributed by atoms with Crippen LogP contribution in [0.4, 0.5) is 0 Å². The second-order valence-electron chi connectivity index (χ2n) is 2.56. The van der Waals surface area contributed by atoms with E-state index in [1.807, 2.05) is 25.7 Å². The second-order valence-corrected chi connectivity index (χ2v) is 2.56. The summed E-state index contributed by atoms with van der Waals surface area (Å²) in [5.41, 5.74) is 0. The lowest BCUT2D eigenvalue weighted by molar-refractivity contribution is -0.112. The molecule has 1 radical (unpaired) electrons. The van der Waals surface area contributed by atoms with E-state index in [4.69, 9.17) is 0 Å². The Bertz CT molecular complexity index is 101. The number of hydrogen-bond donors (Lipinski definition) is 0. The van der Waals surface area contributed by atoms with Gasteiger partial charge >= 0.3 is 0 Å². The zero-order chi connectivity index (χ0) is 8.15. The van der Waals surface area contributed by atoms with E-state index in [1.165, 1.54) is 0 Å². The normalized spacial score (nSPS) is 14.2. The van der Waals surface area contributed by atoms with Crippen molar-refractivity contribution in [3.8, 4) is 0 Å². The van der Waals surface area contributed by atoms with E-state index in [-0.39, 0.29) is 12.1 Å². The van der Waals surface area contributed by atoms with Crippen LogP contribution in [-0.4, -0.2) is 29.8 Å². The standard InChI is InChI=1S/C8H16NO/c1-5-9(7(2)3)8(4)6-10/h6-8H,2,5H2,1,3-4H3.